The summed E-state index contributed by atoms with van der Waals surface area (Å²) in [6, 6.07) is 117. The van der Waals surface area contributed by atoms with Crippen molar-refractivity contribution >= 4 is 100 Å². The summed E-state index contributed by atoms with van der Waals surface area (Å²) in [7, 11) is -6.32. The average molecular weight is 1320 g/mol. The van der Waals surface area contributed by atoms with Crippen LogP contribution >= 0.6 is 14.3 Å². The van der Waals surface area contributed by atoms with E-state index in [1.54, 1.807) is 0 Å². The highest BCUT2D eigenvalue weighted by Crippen LogP contribution is 2.59. The average Bonchev–Trinajstić information content (AvgIpc) is 1.53. The highest BCUT2D eigenvalue weighted by atomic mass is 31.2. The van der Waals surface area contributed by atoms with Crippen molar-refractivity contribution in [1.29, 1.82) is 0 Å². The summed E-state index contributed by atoms with van der Waals surface area (Å²) in [4.78, 5) is 0. The van der Waals surface area contributed by atoms with Crippen molar-refractivity contribution < 1.29 is 9.13 Å². The van der Waals surface area contributed by atoms with Crippen molar-refractivity contribution in [2.75, 3.05) is 0 Å². The summed E-state index contributed by atoms with van der Waals surface area (Å²) in [5.74, 6) is 0. The Bertz CT molecular complexity index is 6470. The van der Waals surface area contributed by atoms with Crippen LogP contribution in [0.3, 0.4) is 0 Å². The zero-order chi connectivity index (χ0) is 67.0. The molecule has 6 heteroatoms. The minimum atomic E-state index is -3.18. The molecule has 21 rings (SSSR count). The molecule has 0 radical (unpaired) electrons. The Labute approximate surface area is 581 Å². The summed E-state index contributed by atoms with van der Waals surface area (Å²) in [6.45, 7) is 9.35. The molecule has 0 amide bonds. The molecule has 2 atom stereocenters. The van der Waals surface area contributed by atoms with Crippen molar-refractivity contribution in [1.82, 2.24) is 9.13 Å². The zero-order valence-electron chi connectivity index (χ0n) is 55.8. The molecule has 4 aliphatic rings. The lowest BCUT2D eigenvalue weighted by Crippen LogP contribution is -2.21. The molecule has 0 spiro atoms. The summed E-state index contributed by atoms with van der Waals surface area (Å²) in [6.07, 6.45) is 0. The lowest BCUT2D eigenvalue weighted by atomic mass is 9.81. The van der Waals surface area contributed by atoms with Crippen molar-refractivity contribution in [3.63, 3.8) is 0 Å². The molecule has 0 N–H and O–H groups in total. The fourth-order valence-corrected chi connectivity index (χ4v) is 24.7. The van der Waals surface area contributed by atoms with Gasteiger partial charge in [0.1, 0.15) is 0 Å². The second kappa shape index (κ2) is 21.6. The van der Waals surface area contributed by atoms with E-state index in [1.165, 1.54) is 77.5 Å². The quantitative estimate of drug-likeness (QED) is 0.156. The maximum Gasteiger partial charge on any atom is 0.172 e. The molecule has 2 aromatic heterocycles. The highest BCUT2D eigenvalue weighted by molar-refractivity contribution is 7.87. The Kier molecular flexibility index (Phi) is 12.7. The topological polar surface area (TPSA) is 44.0 Å². The summed E-state index contributed by atoms with van der Waals surface area (Å²) in [5, 5.41) is 12.3. The van der Waals surface area contributed by atoms with E-state index in [2.05, 4.69) is 292 Å². The molecule has 2 aliphatic heterocycles. The van der Waals surface area contributed by atoms with Crippen LogP contribution in [-0.4, -0.2) is 9.13 Å². The van der Waals surface area contributed by atoms with E-state index >= 15 is 9.13 Å². The van der Waals surface area contributed by atoms with E-state index in [0.717, 1.165) is 109 Å². The van der Waals surface area contributed by atoms with Crippen LogP contribution in [0.2, 0.25) is 0 Å². The number of aromatic nitrogens is 2. The highest BCUT2D eigenvalue weighted by Gasteiger charge is 2.45. The van der Waals surface area contributed by atoms with E-state index < -0.39 is 14.3 Å². The van der Waals surface area contributed by atoms with E-state index in [-0.39, 0.29) is 10.8 Å². The first-order valence-electron chi connectivity index (χ1n) is 34.7. The molecule has 100 heavy (non-hydrogen) atoms. The van der Waals surface area contributed by atoms with Gasteiger partial charge in [-0.15, -0.1) is 0 Å². The monoisotopic (exact) mass is 1320 g/mol. The van der Waals surface area contributed by atoms with Gasteiger partial charge in [-0.25, -0.2) is 0 Å². The maximum atomic E-state index is 15.9. The Balaban J connectivity index is 0.000000135. The van der Waals surface area contributed by atoms with Gasteiger partial charge in [-0.1, -0.05) is 307 Å². The van der Waals surface area contributed by atoms with Crippen LogP contribution in [0.5, 0.6) is 0 Å². The van der Waals surface area contributed by atoms with Gasteiger partial charge in [0, 0.05) is 75.3 Å². The smallest absolute Gasteiger partial charge is 0.172 e. The van der Waals surface area contributed by atoms with Crippen LogP contribution in [0, 0.1) is 0 Å². The van der Waals surface area contributed by atoms with Crippen molar-refractivity contribution in [3.8, 4) is 78.1 Å². The SMILES string of the molecule is CC1(C)c2ccccc2-c2c(-c3ccc(-n4c5ccccc5c5c6c(ccc54)-c4ccccc4P6(=O)c4ccccc4)cc3)cccc21.CC1(C)c2ccccc2-c2ccc(-c3ccc(-n4c5ccccc5c5c6c(ccc54)-c4ccccc4P6(=O)c4ccccc4)c4ccccc34)cc21. The van der Waals surface area contributed by atoms with E-state index in [9.17, 15) is 0 Å². The van der Waals surface area contributed by atoms with Crippen LogP contribution < -0.4 is 31.8 Å². The Morgan fingerprint density at radius 2 is 0.690 bits per heavy atom. The normalized spacial score (nSPS) is 16.7. The van der Waals surface area contributed by atoms with Crippen LogP contribution in [0.15, 0.2) is 328 Å². The molecule has 0 bridgehead atoms. The summed E-state index contributed by atoms with van der Waals surface area (Å²) < 4.78 is 36.3. The molecule has 17 aromatic rings. The molecule has 15 aromatic carbocycles. The van der Waals surface area contributed by atoms with Crippen molar-refractivity contribution in [2.24, 2.45) is 0 Å². The van der Waals surface area contributed by atoms with E-state index in [4.69, 9.17) is 0 Å². The summed E-state index contributed by atoms with van der Waals surface area (Å²) in [5.41, 5.74) is 26.5. The largest absolute Gasteiger partial charge is 0.309 e. The first-order chi connectivity index (χ1) is 48.9. The third kappa shape index (κ3) is 8.01. The zero-order valence-corrected chi connectivity index (χ0v) is 57.6. The number of nitrogens with zero attached hydrogens (tertiary/aromatic N) is 2. The number of rotatable bonds is 6. The van der Waals surface area contributed by atoms with Gasteiger partial charge >= 0.3 is 0 Å². The fraction of sp³-hybridized carbons (Fsp3) is 0.0638. The van der Waals surface area contributed by atoms with Gasteiger partial charge in [0.25, 0.3) is 0 Å². The van der Waals surface area contributed by atoms with Gasteiger partial charge in [-0.3, -0.25) is 0 Å². The molecule has 2 unspecified atom stereocenters. The Hall–Kier alpha value is -11.4. The van der Waals surface area contributed by atoms with Gasteiger partial charge in [0.15, 0.2) is 14.3 Å². The molecular formula is C94H66N2O2P2. The second-order valence-corrected chi connectivity index (χ2v) is 33.7. The lowest BCUT2D eigenvalue weighted by Gasteiger charge is -2.22. The predicted octanol–water partition coefficient (Wildman–Crippen LogP) is 21.9. The molecule has 0 saturated carbocycles. The summed E-state index contributed by atoms with van der Waals surface area (Å²) >= 11 is 0. The minimum absolute atomic E-state index is 0.0377. The number of benzene rings is 15. The second-order valence-electron chi connectivity index (χ2n) is 28.4. The van der Waals surface area contributed by atoms with Crippen LogP contribution in [-0.2, 0) is 20.0 Å². The number of para-hydroxylation sites is 2. The molecule has 4 nitrogen and oxygen atoms in total. The number of hydrogen-bond acceptors (Lipinski definition) is 2. The molecule has 0 saturated heterocycles. The van der Waals surface area contributed by atoms with Gasteiger partial charge in [-0.05, 0) is 143 Å². The molecule has 474 valence electrons. The fourth-order valence-electron chi connectivity index (χ4n) is 18.1. The molecule has 2 aliphatic carbocycles. The molecule has 4 heterocycles. The standard InChI is InChI=1S/C49H34NOP.C45H32NOP/c1-49(2)41-21-11-8-17-35(41)36-25-24-31(30-42(36)49)33-26-28-44(37-18-7-6-16-34(33)37)50-43-22-12-9-20-40(43)47-45(50)29-27-39-38-19-10-13-23-46(38)52(51,48(39)47)32-14-4-3-5-15-32;1-45(2)37-19-9-6-16-35(37)42-32(18-12-20-38(42)45)29-23-25-30(26-24-29)46-39-21-10-7-17-36(39)43-40(46)28-27-34-33-15-8-11-22-41(33)48(47,44(34)43)31-13-4-3-5-14-31/h3-30H,1-2H3;3-28H,1-2H3. The number of fused-ring (bicyclic) bond motifs is 21. The van der Waals surface area contributed by atoms with Crippen molar-refractivity contribution in [2.45, 2.75) is 38.5 Å². The maximum absolute atomic E-state index is 15.9. The molecule has 0 fully saturated rings. The van der Waals surface area contributed by atoms with Crippen LogP contribution in [0.25, 0.3) is 133 Å². The first kappa shape index (κ1) is 58.7. The third-order valence-electron chi connectivity index (χ3n) is 22.6. The lowest BCUT2D eigenvalue weighted by molar-refractivity contribution is 0.592. The van der Waals surface area contributed by atoms with Gasteiger partial charge < -0.3 is 18.3 Å². The van der Waals surface area contributed by atoms with Crippen LogP contribution in [0.1, 0.15) is 49.9 Å². The van der Waals surface area contributed by atoms with E-state index in [1.807, 2.05) is 72.8 Å². The van der Waals surface area contributed by atoms with E-state index in [0.29, 0.717) is 0 Å². The van der Waals surface area contributed by atoms with Crippen LogP contribution in [0.4, 0.5) is 0 Å². The minimum Gasteiger partial charge on any atom is -0.309 e. The van der Waals surface area contributed by atoms with Gasteiger partial charge in [0.05, 0.1) is 27.8 Å². The Morgan fingerprint density at radius 1 is 0.270 bits per heavy atom. The first-order valence-corrected chi connectivity index (χ1v) is 38.1. The Morgan fingerprint density at radius 3 is 1.30 bits per heavy atom. The van der Waals surface area contributed by atoms with Gasteiger partial charge in [0.2, 0.25) is 0 Å². The van der Waals surface area contributed by atoms with Crippen molar-refractivity contribution in [3.05, 3.63) is 350 Å². The third-order valence-corrected chi connectivity index (χ3v) is 29.0. The number of hydrogen-bond donors (Lipinski definition) is 0. The van der Waals surface area contributed by atoms with Gasteiger partial charge in [-0.2, -0.15) is 0 Å². The molecular weight excluding hydrogens is 1250 g/mol. The predicted molar refractivity (Wildman–Crippen MR) is 422 cm³/mol.